The van der Waals surface area contributed by atoms with Crippen molar-refractivity contribution in [3.63, 3.8) is 0 Å². The minimum atomic E-state index is 0.00962. The maximum atomic E-state index is 8.82. The lowest BCUT2D eigenvalue weighted by molar-refractivity contribution is 0.139. The minimum Gasteiger partial charge on any atom is -0.326 e. The van der Waals surface area contributed by atoms with Crippen LogP contribution in [0.15, 0.2) is 28.7 Å². The van der Waals surface area contributed by atoms with E-state index in [-0.39, 0.29) is 12.1 Å². The Morgan fingerprint density at radius 3 is 2.53 bits per heavy atom. The number of nitrogens with zero attached hydrogens (tertiary/aromatic N) is 2. The summed E-state index contributed by atoms with van der Waals surface area (Å²) in [6, 6.07) is 10.9. The van der Waals surface area contributed by atoms with E-state index in [0.29, 0.717) is 12.5 Å². The highest BCUT2D eigenvalue weighted by Gasteiger charge is 2.25. The van der Waals surface area contributed by atoms with Crippen LogP contribution in [0.4, 0.5) is 0 Å². The average Bonchev–Trinajstić information content (AvgIpc) is 2.33. The van der Waals surface area contributed by atoms with Crippen molar-refractivity contribution in [3.8, 4) is 6.07 Å². The Balaban J connectivity index is 3.07. The molecule has 1 aromatic rings. The van der Waals surface area contributed by atoms with Gasteiger partial charge in [-0.1, -0.05) is 28.1 Å². The molecular formula is C15H22BrN3. The Labute approximate surface area is 124 Å². The molecule has 0 bridgehead atoms. The predicted octanol–water partition coefficient (Wildman–Crippen LogP) is 3.46. The smallest absolute Gasteiger partial charge is 0.0635 e. The molecular weight excluding hydrogens is 302 g/mol. The van der Waals surface area contributed by atoms with E-state index in [4.69, 9.17) is 11.0 Å². The molecule has 0 amide bonds. The second kappa shape index (κ2) is 7.64. The van der Waals surface area contributed by atoms with Crippen LogP contribution in [0.3, 0.4) is 0 Å². The molecule has 0 radical (unpaired) electrons. The first-order valence-corrected chi connectivity index (χ1v) is 7.40. The summed E-state index contributed by atoms with van der Waals surface area (Å²) in [5.74, 6) is 0. The Morgan fingerprint density at radius 2 is 2.05 bits per heavy atom. The number of nitriles is 1. The fourth-order valence-electron chi connectivity index (χ4n) is 2.39. The number of benzene rings is 1. The molecule has 2 N–H and O–H groups in total. The van der Waals surface area contributed by atoms with Crippen molar-refractivity contribution in [2.45, 2.75) is 45.3 Å². The molecule has 0 aliphatic heterocycles. The summed E-state index contributed by atoms with van der Waals surface area (Å²) >= 11 is 3.51. The molecule has 0 heterocycles. The van der Waals surface area contributed by atoms with Gasteiger partial charge in [0.1, 0.15) is 0 Å². The first-order valence-electron chi connectivity index (χ1n) is 6.61. The van der Waals surface area contributed by atoms with E-state index in [1.807, 2.05) is 19.1 Å². The maximum absolute atomic E-state index is 8.82. The molecule has 104 valence electrons. The molecule has 0 saturated heterocycles. The highest BCUT2D eigenvalue weighted by Crippen LogP contribution is 2.27. The van der Waals surface area contributed by atoms with Crippen molar-refractivity contribution in [3.05, 3.63) is 34.3 Å². The van der Waals surface area contributed by atoms with Crippen molar-refractivity contribution in [1.29, 1.82) is 5.26 Å². The van der Waals surface area contributed by atoms with Crippen molar-refractivity contribution >= 4 is 15.9 Å². The Bertz CT molecular complexity index is 437. The van der Waals surface area contributed by atoms with E-state index < -0.39 is 0 Å². The second-order valence-corrected chi connectivity index (χ2v) is 6.01. The first-order chi connectivity index (χ1) is 8.97. The van der Waals surface area contributed by atoms with Gasteiger partial charge in [-0.2, -0.15) is 5.26 Å². The highest BCUT2D eigenvalue weighted by atomic mass is 79.9. The van der Waals surface area contributed by atoms with Gasteiger partial charge < -0.3 is 5.73 Å². The number of hydrogen-bond donors (Lipinski definition) is 1. The van der Waals surface area contributed by atoms with Crippen LogP contribution in [0, 0.1) is 11.3 Å². The highest BCUT2D eigenvalue weighted by molar-refractivity contribution is 9.10. The van der Waals surface area contributed by atoms with Gasteiger partial charge in [0.05, 0.1) is 6.07 Å². The molecule has 0 spiro atoms. The fraction of sp³-hybridized carbons (Fsp3) is 0.533. The SMILES string of the molecule is CC(N)C(c1cccc(Br)c1)N(CCC#N)C(C)C. The maximum Gasteiger partial charge on any atom is 0.0635 e. The molecule has 0 aromatic heterocycles. The van der Waals surface area contributed by atoms with Crippen molar-refractivity contribution < 1.29 is 0 Å². The van der Waals surface area contributed by atoms with Crippen LogP contribution in [0.25, 0.3) is 0 Å². The van der Waals surface area contributed by atoms with Gasteiger partial charge in [-0.3, -0.25) is 4.90 Å². The molecule has 0 fully saturated rings. The second-order valence-electron chi connectivity index (χ2n) is 5.10. The van der Waals surface area contributed by atoms with E-state index in [1.165, 1.54) is 5.56 Å². The molecule has 3 nitrogen and oxygen atoms in total. The van der Waals surface area contributed by atoms with Gasteiger partial charge >= 0.3 is 0 Å². The summed E-state index contributed by atoms with van der Waals surface area (Å²) in [5, 5.41) is 8.82. The predicted molar refractivity (Wildman–Crippen MR) is 82.6 cm³/mol. The average molecular weight is 324 g/mol. The molecule has 1 rings (SSSR count). The summed E-state index contributed by atoms with van der Waals surface area (Å²) in [5.41, 5.74) is 7.38. The molecule has 19 heavy (non-hydrogen) atoms. The third kappa shape index (κ3) is 4.61. The number of nitrogens with two attached hydrogens (primary N) is 1. The third-order valence-electron chi connectivity index (χ3n) is 3.19. The molecule has 4 heteroatoms. The van der Waals surface area contributed by atoms with Crippen molar-refractivity contribution in [2.24, 2.45) is 5.73 Å². The lowest BCUT2D eigenvalue weighted by Crippen LogP contribution is -2.43. The zero-order chi connectivity index (χ0) is 14.4. The topological polar surface area (TPSA) is 53.0 Å². The largest absolute Gasteiger partial charge is 0.326 e. The molecule has 0 aliphatic rings. The fourth-order valence-corrected chi connectivity index (χ4v) is 2.80. The van der Waals surface area contributed by atoms with Gasteiger partial charge in [-0.15, -0.1) is 0 Å². The minimum absolute atomic E-state index is 0.00962. The Kier molecular flexibility index (Phi) is 6.50. The Hall–Kier alpha value is -0.890. The van der Waals surface area contributed by atoms with Gasteiger partial charge in [0.2, 0.25) is 0 Å². The lowest BCUT2D eigenvalue weighted by Gasteiger charge is -2.37. The van der Waals surface area contributed by atoms with E-state index >= 15 is 0 Å². The standard InChI is InChI=1S/C15H22BrN3/c1-11(2)19(9-5-8-17)15(12(3)18)13-6-4-7-14(16)10-13/h4,6-7,10-12,15H,5,9,18H2,1-3H3. The van der Waals surface area contributed by atoms with E-state index in [9.17, 15) is 0 Å². The monoisotopic (exact) mass is 323 g/mol. The molecule has 1 aromatic carbocycles. The molecule has 0 aliphatic carbocycles. The van der Waals surface area contributed by atoms with Crippen LogP contribution in [0.2, 0.25) is 0 Å². The summed E-state index contributed by atoms with van der Waals surface area (Å²) in [6.45, 7) is 7.05. The van der Waals surface area contributed by atoms with E-state index in [1.54, 1.807) is 0 Å². The van der Waals surface area contributed by atoms with Crippen molar-refractivity contribution in [1.82, 2.24) is 4.90 Å². The third-order valence-corrected chi connectivity index (χ3v) is 3.68. The van der Waals surface area contributed by atoms with E-state index in [2.05, 4.69) is 52.9 Å². The summed E-state index contributed by atoms with van der Waals surface area (Å²) in [6.07, 6.45) is 0.523. The van der Waals surface area contributed by atoms with Gasteiger partial charge in [0.15, 0.2) is 0 Å². The van der Waals surface area contributed by atoms with Gasteiger partial charge in [0, 0.05) is 35.6 Å². The quantitative estimate of drug-likeness (QED) is 0.872. The van der Waals surface area contributed by atoms with Gasteiger partial charge in [0.25, 0.3) is 0 Å². The number of halogens is 1. The lowest BCUT2D eigenvalue weighted by atomic mass is 9.97. The van der Waals surface area contributed by atoms with Gasteiger partial charge in [-0.25, -0.2) is 0 Å². The molecule has 2 atom stereocenters. The number of rotatable bonds is 6. The Morgan fingerprint density at radius 1 is 1.37 bits per heavy atom. The summed E-state index contributed by atoms with van der Waals surface area (Å²) in [4.78, 5) is 2.30. The van der Waals surface area contributed by atoms with Crippen molar-refractivity contribution in [2.75, 3.05) is 6.54 Å². The normalized spacial score (nSPS) is 14.4. The first kappa shape index (κ1) is 16.2. The van der Waals surface area contributed by atoms with E-state index in [0.717, 1.165) is 11.0 Å². The molecule has 2 unspecified atom stereocenters. The summed E-state index contributed by atoms with van der Waals surface area (Å²) in [7, 11) is 0. The van der Waals surface area contributed by atoms with Crippen LogP contribution < -0.4 is 5.73 Å². The molecule has 0 saturated carbocycles. The number of hydrogen-bond acceptors (Lipinski definition) is 3. The van der Waals surface area contributed by atoms with Crippen LogP contribution in [0.1, 0.15) is 38.8 Å². The van der Waals surface area contributed by atoms with Gasteiger partial charge in [-0.05, 0) is 38.5 Å². The van der Waals surface area contributed by atoms with Crippen LogP contribution in [-0.4, -0.2) is 23.5 Å². The van der Waals surface area contributed by atoms with Crippen LogP contribution >= 0.6 is 15.9 Å². The zero-order valence-electron chi connectivity index (χ0n) is 11.8. The van der Waals surface area contributed by atoms with Crippen LogP contribution in [0.5, 0.6) is 0 Å². The summed E-state index contributed by atoms with van der Waals surface area (Å²) < 4.78 is 1.06. The zero-order valence-corrected chi connectivity index (χ0v) is 13.4. The van der Waals surface area contributed by atoms with Crippen LogP contribution in [-0.2, 0) is 0 Å².